The molecule has 2 heterocycles. The van der Waals surface area contributed by atoms with Crippen molar-refractivity contribution in [2.45, 2.75) is 13.5 Å². The highest BCUT2D eigenvalue weighted by molar-refractivity contribution is 7.11. The Labute approximate surface area is 90.3 Å². The summed E-state index contributed by atoms with van der Waals surface area (Å²) in [5.41, 5.74) is 5.52. The molecular formula is C8H9ClN4S. The second kappa shape index (κ2) is 3.59. The lowest BCUT2D eigenvalue weighted by molar-refractivity contribution is 0.697. The van der Waals surface area contributed by atoms with Crippen LogP contribution in [0.15, 0.2) is 12.4 Å². The zero-order valence-corrected chi connectivity index (χ0v) is 9.14. The first-order valence-electron chi connectivity index (χ1n) is 4.05. The van der Waals surface area contributed by atoms with Gasteiger partial charge in [-0.3, -0.25) is 4.68 Å². The highest BCUT2D eigenvalue weighted by Crippen LogP contribution is 2.18. The highest BCUT2D eigenvalue weighted by atomic mass is 35.5. The van der Waals surface area contributed by atoms with Gasteiger partial charge in [-0.25, -0.2) is 4.98 Å². The molecule has 4 nitrogen and oxygen atoms in total. The molecule has 2 aromatic heterocycles. The predicted molar refractivity (Wildman–Crippen MR) is 57.6 cm³/mol. The number of halogens is 1. The van der Waals surface area contributed by atoms with Crippen LogP contribution in [0.3, 0.4) is 0 Å². The van der Waals surface area contributed by atoms with Gasteiger partial charge >= 0.3 is 0 Å². The SMILES string of the molecule is Cc1ncc(Cn2cc(Cl)c(N)n2)s1. The highest BCUT2D eigenvalue weighted by Gasteiger charge is 2.04. The van der Waals surface area contributed by atoms with Crippen molar-refractivity contribution in [2.75, 3.05) is 5.73 Å². The summed E-state index contributed by atoms with van der Waals surface area (Å²) in [4.78, 5) is 5.30. The van der Waals surface area contributed by atoms with Gasteiger partial charge in [0.05, 0.1) is 11.6 Å². The first-order chi connectivity index (χ1) is 6.65. The molecule has 0 radical (unpaired) electrons. The van der Waals surface area contributed by atoms with Crippen molar-refractivity contribution in [3.05, 3.63) is 27.3 Å². The van der Waals surface area contributed by atoms with E-state index in [4.69, 9.17) is 17.3 Å². The Hall–Kier alpha value is -1.07. The zero-order valence-electron chi connectivity index (χ0n) is 7.57. The fourth-order valence-corrected chi connectivity index (χ4v) is 2.07. The van der Waals surface area contributed by atoms with Crippen LogP contribution >= 0.6 is 22.9 Å². The van der Waals surface area contributed by atoms with Crippen LogP contribution in [-0.4, -0.2) is 14.8 Å². The quantitative estimate of drug-likeness (QED) is 0.855. The molecule has 0 spiro atoms. The monoisotopic (exact) mass is 228 g/mol. The standard InChI is InChI=1S/C8H9ClN4S/c1-5-11-2-6(14-5)3-13-4-7(9)8(10)12-13/h2,4H,3H2,1H3,(H2,10,12). The van der Waals surface area contributed by atoms with Crippen LogP contribution in [0.25, 0.3) is 0 Å². The van der Waals surface area contributed by atoms with E-state index in [0.717, 1.165) is 9.88 Å². The van der Waals surface area contributed by atoms with Gasteiger partial charge in [0.25, 0.3) is 0 Å². The molecule has 74 valence electrons. The minimum absolute atomic E-state index is 0.368. The number of thiazole rings is 1. The predicted octanol–water partition coefficient (Wildman–Crippen LogP) is 1.93. The molecule has 0 saturated heterocycles. The number of nitrogens with two attached hydrogens (primary N) is 1. The van der Waals surface area contributed by atoms with Crippen molar-refractivity contribution in [2.24, 2.45) is 0 Å². The molecule has 0 saturated carbocycles. The van der Waals surface area contributed by atoms with Gasteiger partial charge in [0, 0.05) is 17.3 Å². The van der Waals surface area contributed by atoms with Crippen LogP contribution in [0.4, 0.5) is 5.82 Å². The fourth-order valence-electron chi connectivity index (χ4n) is 1.13. The minimum atomic E-state index is 0.368. The summed E-state index contributed by atoms with van der Waals surface area (Å²) in [6, 6.07) is 0. The van der Waals surface area contributed by atoms with Crippen molar-refractivity contribution < 1.29 is 0 Å². The topological polar surface area (TPSA) is 56.7 Å². The number of nitrogen functional groups attached to an aromatic ring is 1. The first-order valence-corrected chi connectivity index (χ1v) is 5.24. The molecule has 0 amide bonds. The Morgan fingerprint density at radius 1 is 1.64 bits per heavy atom. The van der Waals surface area contributed by atoms with Gasteiger partial charge in [-0.2, -0.15) is 5.10 Å². The largest absolute Gasteiger partial charge is 0.381 e. The van der Waals surface area contributed by atoms with E-state index >= 15 is 0 Å². The minimum Gasteiger partial charge on any atom is -0.381 e. The number of hydrogen-bond acceptors (Lipinski definition) is 4. The van der Waals surface area contributed by atoms with Crippen LogP contribution in [0.5, 0.6) is 0 Å². The summed E-state index contributed by atoms with van der Waals surface area (Å²) in [5.74, 6) is 0.368. The third-order valence-corrected chi connectivity index (χ3v) is 2.92. The van der Waals surface area contributed by atoms with Crippen molar-refractivity contribution in [3.63, 3.8) is 0 Å². The Bertz CT molecular complexity index is 428. The maximum atomic E-state index is 5.78. The molecule has 0 fully saturated rings. The lowest BCUT2D eigenvalue weighted by atomic mass is 10.5. The number of aryl methyl sites for hydroxylation is 1. The number of aromatic nitrogens is 3. The van der Waals surface area contributed by atoms with E-state index < -0.39 is 0 Å². The van der Waals surface area contributed by atoms with Crippen LogP contribution in [0.2, 0.25) is 5.02 Å². The van der Waals surface area contributed by atoms with E-state index in [9.17, 15) is 0 Å². The van der Waals surface area contributed by atoms with Gasteiger partial charge in [0.1, 0.15) is 5.02 Å². The average molecular weight is 229 g/mol. The van der Waals surface area contributed by atoms with Crippen LogP contribution in [0, 0.1) is 6.92 Å². The maximum Gasteiger partial charge on any atom is 0.164 e. The Morgan fingerprint density at radius 2 is 2.43 bits per heavy atom. The molecule has 14 heavy (non-hydrogen) atoms. The van der Waals surface area contributed by atoms with Gasteiger partial charge in [0.15, 0.2) is 5.82 Å². The molecule has 0 bridgehead atoms. The molecular weight excluding hydrogens is 220 g/mol. The van der Waals surface area contributed by atoms with Crippen molar-refractivity contribution >= 4 is 28.8 Å². The third-order valence-electron chi connectivity index (χ3n) is 1.73. The first kappa shape index (κ1) is 9.48. The Balaban J connectivity index is 2.18. The number of anilines is 1. The second-order valence-corrected chi connectivity index (χ2v) is 4.63. The van der Waals surface area contributed by atoms with E-state index in [0.29, 0.717) is 17.4 Å². The van der Waals surface area contributed by atoms with E-state index in [1.165, 1.54) is 0 Å². The van der Waals surface area contributed by atoms with Gasteiger partial charge in [-0.05, 0) is 6.92 Å². The molecule has 0 aromatic carbocycles. The Morgan fingerprint density at radius 3 is 2.93 bits per heavy atom. The van der Waals surface area contributed by atoms with Gasteiger partial charge in [0.2, 0.25) is 0 Å². The number of hydrogen-bond donors (Lipinski definition) is 1. The molecule has 0 aliphatic heterocycles. The Kier molecular flexibility index (Phi) is 2.43. The number of rotatable bonds is 2. The van der Waals surface area contributed by atoms with Crippen molar-refractivity contribution in [1.82, 2.24) is 14.8 Å². The van der Waals surface area contributed by atoms with Crippen LogP contribution < -0.4 is 5.73 Å². The van der Waals surface area contributed by atoms with E-state index in [2.05, 4.69) is 10.1 Å². The van der Waals surface area contributed by atoms with Gasteiger partial charge in [-0.15, -0.1) is 11.3 Å². The molecule has 2 N–H and O–H groups in total. The number of nitrogens with zero attached hydrogens (tertiary/aromatic N) is 3. The van der Waals surface area contributed by atoms with Crippen molar-refractivity contribution in [1.29, 1.82) is 0 Å². The molecule has 0 aliphatic carbocycles. The van der Waals surface area contributed by atoms with E-state index in [1.807, 2.05) is 13.1 Å². The lowest BCUT2D eigenvalue weighted by Crippen LogP contribution is -1.99. The summed E-state index contributed by atoms with van der Waals surface area (Å²) < 4.78 is 1.71. The molecule has 0 atom stereocenters. The smallest absolute Gasteiger partial charge is 0.164 e. The maximum absolute atomic E-state index is 5.78. The van der Waals surface area contributed by atoms with Gasteiger partial charge < -0.3 is 5.73 Å². The van der Waals surface area contributed by atoms with Gasteiger partial charge in [-0.1, -0.05) is 11.6 Å². The fraction of sp³-hybridized carbons (Fsp3) is 0.250. The summed E-state index contributed by atoms with van der Waals surface area (Å²) in [6.07, 6.45) is 3.55. The zero-order chi connectivity index (χ0) is 10.1. The van der Waals surface area contributed by atoms with Crippen LogP contribution in [-0.2, 0) is 6.54 Å². The average Bonchev–Trinajstić information content (AvgIpc) is 2.62. The van der Waals surface area contributed by atoms with E-state index in [1.54, 1.807) is 22.2 Å². The van der Waals surface area contributed by atoms with Crippen LogP contribution in [0.1, 0.15) is 9.88 Å². The molecule has 6 heteroatoms. The molecule has 0 unspecified atom stereocenters. The van der Waals surface area contributed by atoms with E-state index in [-0.39, 0.29) is 0 Å². The third kappa shape index (κ3) is 1.88. The normalized spacial score (nSPS) is 10.7. The lowest BCUT2D eigenvalue weighted by Gasteiger charge is -1.95. The summed E-state index contributed by atoms with van der Waals surface area (Å²) >= 11 is 7.42. The van der Waals surface area contributed by atoms with Crippen molar-refractivity contribution in [3.8, 4) is 0 Å². The molecule has 2 rings (SSSR count). The molecule has 2 aromatic rings. The summed E-state index contributed by atoms with van der Waals surface area (Å²) in [5, 5.41) is 5.60. The second-order valence-electron chi connectivity index (χ2n) is 2.91. The summed E-state index contributed by atoms with van der Waals surface area (Å²) in [6.45, 7) is 2.64. The summed E-state index contributed by atoms with van der Waals surface area (Å²) in [7, 11) is 0. The molecule has 0 aliphatic rings.